The molecule has 92 valence electrons. The molecule has 1 saturated heterocycles. The van der Waals surface area contributed by atoms with E-state index in [9.17, 15) is 8.78 Å². The van der Waals surface area contributed by atoms with E-state index in [1.54, 1.807) is 0 Å². The van der Waals surface area contributed by atoms with Gasteiger partial charge in [-0.15, -0.1) is 0 Å². The highest BCUT2D eigenvalue weighted by Crippen LogP contribution is 2.55. The van der Waals surface area contributed by atoms with Crippen molar-refractivity contribution < 1.29 is 13.5 Å². The molecule has 1 heterocycles. The Morgan fingerprint density at radius 3 is 2.25 bits per heavy atom. The van der Waals surface area contributed by atoms with Crippen LogP contribution in [0.2, 0.25) is 0 Å². The first kappa shape index (κ1) is 10.9. The Bertz CT molecular complexity index is 279. The van der Waals surface area contributed by atoms with Crippen molar-refractivity contribution >= 4 is 0 Å². The Balaban J connectivity index is 1.68. The van der Waals surface area contributed by atoms with Crippen LogP contribution in [0.5, 0.6) is 0 Å². The fourth-order valence-corrected chi connectivity index (χ4v) is 3.52. The predicted octanol–water partition coefficient (Wildman–Crippen LogP) is 2.33. The lowest BCUT2D eigenvalue weighted by Crippen LogP contribution is -2.70. The first-order valence-corrected chi connectivity index (χ1v) is 6.23. The molecule has 16 heavy (non-hydrogen) atoms. The summed E-state index contributed by atoms with van der Waals surface area (Å²) in [6.07, 6.45) is 5.51. The standard InChI is InChI=1S/C12H19F2NO/c13-8-10(9-14)6-12(7-10)15-5-4-11(16-12)2-1-3-11/h15H,1-9H2. The molecule has 2 spiro atoms. The second-order valence-electron chi connectivity index (χ2n) is 5.93. The van der Waals surface area contributed by atoms with E-state index in [1.165, 1.54) is 6.42 Å². The van der Waals surface area contributed by atoms with E-state index in [1.807, 2.05) is 0 Å². The lowest BCUT2D eigenvalue weighted by atomic mass is 9.62. The van der Waals surface area contributed by atoms with Crippen LogP contribution in [0.4, 0.5) is 8.78 Å². The fourth-order valence-electron chi connectivity index (χ4n) is 3.52. The van der Waals surface area contributed by atoms with Crippen LogP contribution in [0.15, 0.2) is 0 Å². The van der Waals surface area contributed by atoms with Crippen molar-refractivity contribution in [3.05, 3.63) is 0 Å². The van der Waals surface area contributed by atoms with E-state index in [0.29, 0.717) is 12.8 Å². The van der Waals surface area contributed by atoms with E-state index >= 15 is 0 Å². The highest BCUT2D eigenvalue weighted by Gasteiger charge is 2.60. The molecule has 0 radical (unpaired) electrons. The number of rotatable bonds is 2. The van der Waals surface area contributed by atoms with Crippen LogP contribution in [0.25, 0.3) is 0 Å². The topological polar surface area (TPSA) is 21.3 Å². The second-order valence-corrected chi connectivity index (χ2v) is 5.93. The summed E-state index contributed by atoms with van der Waals surface area (Å²) < 4.78 is 31.7. The van der Waals surface area contributed by atoms with Crippen LogP contribution in [0.3, 0.4) is 0 Å². The Morgan fingerprint density at radius 2 is 1.75 bits per heavy atom. The predicted molar refractivity (Wildman–Crippen MR) is 56.6 cm³/mol. The van der Waals surface area contributed by atoms with Gasteiger partial charge in [0.15, 0.2) is 0 Å². The number of hydrogen-bond acceptors (Lipinski definition) is 2. The number of ether oxygens (including phenoxy) is 1. The van der Waals surface area contributed by atoms with Gasteiger partial charge in [-0.1, -0.05) is 0 Å². The monoisotopic (exact) mass is 231 g/mol. The lowest BCUT2D eigenvalue weighted by Gasteiger charge is -2.61. The number of nitrogens with one attached hydrogen (secondary N) is 1. The van der Waals surface area contributed by atoms with Crippen molar-refractivity contribution in [2.75, 3.05) is 19.9 Å². The maximum atomic E-state index is 12.8. The molecule has 0 aromatic carbocycles. The molecule has 0 aromatic heterocycles. The minimum absolute atomic E-state index is 0.0457. The molecule has 2 nitrogen and oxygen atoms in total. The molecule has 3 fully saturated rings. The maximum absolute atomic E-state index is 12.8. The van der Waals surface area contributed by atoms with Crippen LogP contribution in [0, 0.1) is 5.41 Å². The molecule has 3 rings (SSSR count). The van der Waals surface area contributed by atoms with E-state index in [2.05, 4.69) is 5.32 Å². The quantitative estimate of drug-likeness (QED) is 0.787. The van der Waals surface area contributed by atoms with Crippen molar-refractivity contribution in [1.82, 2.24) is 5.32 Å². The highest BCUT2D eigenvalue weighted by atomic mass is 19.1. The molecule has 1 N–H and O–H groups in total. The molecular formula is C12H19F2NO. The fraction of sp³-hybridized carbons (Fsp3) is 1.00. The van der Waals surface area contributed by atoms with E-state index in [-0.39, 0.29) is 5.60 Å². The molecule has 0 unspecified atom stereocenters. The first-order chi connectivity index (χ1) is 7.66. The van der Waals surface area contributed by atoms with Crippen LogP contribution < -0.4 is 5.32 Å². The molecule has 1 aliphatic heterocycles. The zero-order valence-corrected chi connectivity index (χ0v) is 9.53. The maximum Gasteiger partial charge on any atom is 0.121 e. The Morgan fingerprint density at radius 1 is 1.06 bits per heavy atom. The van der Waals surface area contributed by atoms with Crippen molar-refractivity contribution in [2.45, 2.75) is 49.9 Å². The Labute approximate surface area is 94.7 Å². The molecule has 0 aromatic rings. The second kappa shape index (κ2) is 3.39. The summed E-state index contributed by atoms with van der Waals surface area (Å²) in [5.41, 5.74) is -1.11. The zero-order chi connectivity index (χ0) is 11.3. The average Bonchev–Trinajstić information content (AvgIpc) is 2.23. The molecule has 0 amide bonds. The average molecular weight is 231 g/mol. The molecule has 2 saturated carbocycles. The van der Waals surface area contributed by atoms with Gasteiger partial charge in [0, 0.05) is 24.8 Å². The SMILES string of the molecule is FCC1(CF)CC2(C1)NCCC1(CCC1)O2. The van der Waals surface area contributed by atoms with E-state index in [4.69, 9.17) is 4.74 Å². The van der Waals surface area contributed by atoms with Gasteiger partial charge in [0.1, 0.15) is 5.72 Å². The number of hydrogen-bond donors (Lipinski definition) is 1. The molecule has 3 aliphatic rings. The van der Waals surface area contributed by atoms with Crippen LogP contribution >= 0.6 is 0 Å². The third-order valence-electron chi connectivity index (χ3n) is 4.59. The summed E-state index contributed by atoms with van der Waals surface area (Å²) in [6, 6.07) is 0. The van der Waals surface area contributed by atoms with Crippen molar-refractivity contribution in [3.63, 3.8) is 0 Å². The summed E-state index contributed by atoms with van der Waals surface area (Å²) in [5.74, 6) is 0. The summed E-state index contributed by atoms with van der Waals surface area (Å²) in [6.45, 7) is -0.207. The molecular weight excluding hydrogens is 212 g/mol. The largest absolute Gasteiger partial charge is 0.354 e. The summed E-state index contributed by atoms with van der Waals surface area (Å²) in [4.78, 5) is 0. The number of halogens is 2. The van der Waals surface area contributed by atoms with Gasteiger partial charge in [-0.05, 0) is 25.7 Å². The number of alkyl halides is 2. The van der Waals surface area contributed by atoms with Gasteiger partial charge in [-0.3, -0.25) is 14.1 Å². The first-order valence-electron chi connectivity index (χ1n) is 6.23. The van der Waals surface area contributed by atoms with Gasteiger partial charge in [0.05, 0.1) is 19.0 Å². The van der Waals surface area contributed by atoms with Crippen molar-refractivity contribution in [2.24, 2.45) is 5.41 Å². The van der Waals surface area contributed by atoms with Gasteiger partial charge in [0.25, 0.3) is 0 Å². The third-order valence-corrected chi connectivity index (χ3v) is 4.59. The third kappa shape index (κ3) is 1.42. The molecule has 2 aliphatic carbocycles. The summed E-state index contributed by atoms with van der Waals surface area (Å²) in [7, 11) is 0. The smallest absolute Gasteiger partial charge is 0.121 e. The normalized spacial score (nSPS) is 33.4. The van der Waals surface area contributed by atoms with E-state index < -0.39 is 24.5 Å². The van der Waals surface area contributed by atoms with E-state index in [0.717, 1.165) is 25.8 Å². The van der Waals surface area contributed by atoms with Gasteiger partial charge < -0.3 is 4.74 Å². The lowest BCUT2D eigenvalue weighted by molar-refractivity contribution is -0.294. The zero-order valence-electron chi connectivity index (χ0n) is 9.53. The van der Waals surface area contributed by atoms with Gasteiger partial charge in [-0.2, -0.15) is 0 Å². The molecule has 0 bridgehead atoms. The molecule has 0 atom stereocenters. The van der Waals surface area contributed by atoms with Gasteiger partial charge in [0.2, 0.25) is 0 Å². The summed E-state index contributed by atoms with van der Waals surface area (Å²) >= 11 is 0. The van der Waals surface area contributed by atoms with Crippen LogP contribution in [-0.2, 0) is 4.74 Å². The van der Waals surface area contributed by atoms with Crippen molar-refractivity contribution in [3.8, 4) is 0 Å². The molecule has 4 heteroatoms. The Kier molecular flexibility index (Phi) is 2.31. The highest BCUT2D eigenvalue weighted by molar-refractivity contribution is 5.09. The van der Waals surface area contributed by atoms with Gasteiger partial charge in [-0.25, -0.2) is 0 Å². The summed E-state index contributed by atoms with van der Waals surface area (Å²) in [5, 5.41) is 3.32. The van der Waals surface area contributed by atoms with Crippen LogP contribution in [0.1, 0.15) is 38.5 Å². The van der Waals surface area contributed by atoms with Crippen molar-refractivity contribution in [1.29, 1.82) is 0 Å². The van der Waals surface area contributed by atoms with Gasteiger partial charge >= 0.3 is 0 Å². The Hall–Kier alpha value is -0.220. The van der Waals surface area contributed by atoms with Crippen LogP contribution in [-0.4, -0.2) is 31.2 Å². The minimum Gasteiger partial charge on any atom is -0.354 e. The minimum atomic E-state index is -0.755.